The van der Waals surface area contributed by atoms with Crippen LogP contribution in [0.25, 0.3) is 0 Å². The molecule has 2 heterocycles. The number of nitrogens with zero attached hydrogens (tertiary/aromatic N) is 3. The number of rotatable bonds is 3. The van der Waals surface area contributed by atoms with E-state index in [4.69, 9.17) is 4.74 Å². The lowest BCUT2D eigenvalue weighted by atomic mass is 10.1. The van der Waals surface area contributed by atoms with Crippen LogP contribution >= 0.6 is 0 Å². The van der Waals surface area contributed by atoms with Gasteiger partial charge >= 0.3 is 6.09 Å². The highest BCUT2D eigenvalue weighted by atomic mass is 19.1. The van der Waals surface area contributed by atoms with Gasteiger partial charge in [-0.15, -0.1) is 0 Å². The second-order valence-corrected chi connectivity index (χ2v) is 7.26. The fourth-order valence-electron chi connectivity index (χ4n) is 3.64. The Kier molecular flexibility index (Phi) is 4.99. The van der Waals surface area contributed by atoms with Crippen molar-refractivity contribution >= 4 is 11.8 Å². The van der Waals surface area contributed by atoms with Crippen molar-refractivity contribution in [1.82, 2.24) is 9.80 Å². The summed E-state index contributed by atoms with van der Waals surface area (Å²) in [5, 5.41) is 0. The Labute approximate surface area is 158 Å². The molecule has 0 atom stereocenters. The Balaban J connectivity index is 1.41. The number of piperazine rings is 1. The molecule has 0 aromatic heterocycles. The first kappa shape index (κ1) is 17.8. The number of benzene rings is 2. The average Bonchev–Trinajstić information content (AvgIpc) is 3.10. The van der Waals surface area contributed by atoms with Crippen molar-refractivity contribution in [1.29, 1.82) is 0 Å². The fourth-order valence-corrected chi connectivity index (χ4v) is 3.64. The first-order valence-electron chi connectivity index (χ1n) is 9.30. The van der Waals surface area contributed by atoms with Crippen LogP contribution in [-0.4, -0.2) is 49.1 Å². The van der Waals surface area contributed by atoms with Crippen molar-refractivity contribution in [3.8, 4) is 0 Å². The van der Waals surface area contributed by atoms with Gasteiger partial charge < -0.3 is 14.5 Å². The quantitative estimate of drug-likeness (QED) is 0.832. The molecule has 1 amide bonds. The smallest absolute Gasteiger partial charge is 0.410 e. The normalized spacial score (nSPS) is 17.1. The molecule has 2 aliphatic rings. The van der Waals surface area contributed by atoms with Gasteiger partial charge in [0.05, 0.1) is 5.69 Å². The highest BCUT2D eigenvalue weighted by Crippen LogP contribution is 2.31. The van der Waals surface area contributed by atoms with E-state index in [0.717, 1.165) is 42.9 Å². The molecule has 0 aliphatic carbocycles. The Morgan fingerprint density at radius 1 is 1.04 bits per heavy atom. The van der Waals surface area contributed by atoms with Gasteiger partial charge in [-0.2, -0.15) is 0 Å². The van der Waals surface area contributed by atoms with Crippen LogP contribution in [0, 0.1) is 5.82 Å². The Morgan fingerprint density at radius 3 is 2.41 bits per heavy atom. The van der Waals surface area contributed by atoms with Crippen LogP contribution in [0.2, 0.25) is 0 Å². The molecule has 1 saturated heterocycles. The Morgan fingerprint density at radius 2 is 1.70 bits per heavy atom. The molecule has 27 heavy (non-hydrogen) atoms. The molecule has 4 rings (SSSR count). The van der Waals surface area contributed by atoms with Crippen molar-refractivity contribution in [2.75, 3.05) is 38.1 Å². The Bertz CT molecular complexity index is 820. The van der Waals surface area contributed by atoms with Gasteiger partial charge in [0.2, 0.25) is 0 Å². The number of amides is 1. The van der Waals surface area contributed by atoms with Crippen molar-refractivity contribution in [2.24, 2.45) is 0 Å². The summed E-state index contributed by atoms with van der Waals surface area (Å²) in [6.07, 6.45) is -0.364. The number of anilines is 1. The highest BCUT2D eigenvalue weighted by molar-refractivity contribution is 5.69. The fraction of sp³-hybridized carbons (Fsp3) is 0.381. The van der Waals surface area contributed by atoms with Crippen LogP contribution in [0.3, 0.4) is 0 Å². The lowest BCUT2D eigenvalue weighted by molar-refractivity contribution is 0.0955. The second-order valence-electron chi connectivity index (χ2n) is 7.26. The minimum absolute atomic E-state index is 0.210. The molecule has 0 bridgehead atoms. The molecule has 0 radical (unpaired) electrons. The van der Waals surface area contributed by atoms with Gasteiger partial charge in [-0.3, -0.25) is 4.90 Å². The van der Waals surface area contributed by atoms with E-state index in [2.05, 4.69) is 16.8 Å². The number of likely N-dealkylation sites (N-methyl/N-ethyl adjacent to an activating group) is 1. The zero-order valence-corrected chi connectivity index (χ0v) is 15.5. The van der Waals surface area contributed by atoms with Crippen LogP contribution in [0.4, 0.5) is 14.9 Å². The summed E-state index contributed by atoms with van der Waals surface area (Å²) in [6.45, 7) is 4.58. The number of ether oxygens (including phenoxy) is 1. The number of fused-ring (bicyclic) bond motifs is 1. The minimum Gasteiger partial charge on any atom is -0.445 e. The molecule has 0 saturated carbocycles. The molecule has 2 aromatic carbocycles. The summed E-state index contributed by atoms with van der Waals surface area (Å²) in [6, 6.07) is 13.1. The molecule has 142 valence electrons. The van der Waals surface area contributed by atoms with E-state index in [9.17, 15) is 9.18 Å². The van der Waals surface area contributed by atoms with Gasteiger partial charge in [0, 0.05) is 39.3 Å². The van der Waals surface area contributed by atoms with E-state index in [1.165, 1.54) is 0 Å². The van der Waals surface area contributed by atoms with E-state index in [-0.39, 0.29) is 18.5 Å². The molecular weight excluding hydrogens is 345 g/mol. The van der Waals surface area contributed by atoms with Crippen LogP contribution in [0.15, 0.2) is 42.5 Å². The van der Waals surface area contributed by atoms with E-state index >= 15 is 0 Å². The van der Waals surface area contributed by atoms with Gasteiger partial charge in [-0.25, -0.2) is 9.18 Å². The summed E-state index contributed by atoms with van der Waals surface area (Å²) in [5.74, 6) is -0.210. The molecular formula is C21H24FN3O2. The van der Waals surface area contributed by atoms with Crippen molar-refractivity contribution in [2.45, 2.75) is 19.7 Å². The third-order valence-electron chi connectivity index (χ3n) is 5.30. The Hall–Kier alpha value is -2.60. The predicted molar refractivity (Wildman–Crippen MR) is 102 cm³/mol. The molecule has 5 nitrogen and oxygen atoms in total. The molecule has 0 spiro atoms. The number of hydrogen-bond acceptors (Lipinski definition) is 4. The largest absolute Gasteiger partial charge is 0.445 e. The van der Waals surface area contributed by atoms with Crippen LogP contribution in [0.5, 0.6) is 0 Å². The van der Waals surface area contributed by atoms with Crippen LogP contribution < -0.4 is 4.90 Å². The van der Waals surface area contributed by atoms with E-state index in [0.29, 0.717) is 18.8 Å². The van der Waals surface area contributed by atoms with Crippen molar-refractivity contribution in [3.63, 3.8) is 0 Å². The summed E-state index contributed by atoms with van der Waals surface area (Å²) in [7, 11) is 2.08. The first-order valence-corrected chi connectivity index (χ1v) is 9.30. The lowest BCUT2D eigenvalue weighted by Gasteiger charge is -2.34. The van der Waals surface area contributed by atoms with Crippen LogP contribution in [0.1, 0.15) is 16.7 Å². The number of hydrogen-bond donors (Lipinski definition) is 0. The topological polar surface area (TPSA) is 36.0 Å². The average molecular weight is 369 g/mol. The van der Waals surface area contributed by atoms with Gasteiger partial charge in [-0.1, -0.05) is 30.3 Å². The second kappa shape index (κ2) is 7.56. The number of carbonyl (C=O) groups excluding carboxylic acids is 1. The number of carbonyl (C=O) groups is 1. The number of halogens is 1. The van der Waals surface area contributed by atoms with E-state index < -0.39 is 0 Å². The van der Waals surface area contributed by atoms with Crippen LogP contribution in [-0.2, 0) is 24.4 Å². The maximum Gasteiger partial charge on any atom is 0.410 e. The maximum atomic E-state index is 14.6. The highest BCUT2D eigenvalue weighted by Gasteiger charge is 2.27. The summed E-state index contributed by atoms with van der Waals surface area (Å²) < 4.78 is 20.0. The molecule has 0 N–H and O–H groups in total. The summed E-state index contributed by atoms with van der Waals surface area (Å²) >= 11 is 0. The first-order chi connectivity index (χ1) is 13.1. The third kappa shape index (κ3) is 3.90. The van der Waals surface area contributed by atoms with Gasteiger partial charge in [0.1, 0.15) is 12.4 Å². The molecule has 2 aliphatic heterocycles. The SMILES string of the molecule is CN1CCN(c2cc3c(cc2F)CN(C(=O)OCc2ccccc2)C3)CC1. The molecule has 0 unspecified atom stereocenters. The third-order valence-corrected chi connectivity index (χ3v) is 5.30. The standard InChI is InChI=1S/C21H24FN3O2/c1-23-7-9-24(10-8-23)20-12-18-14-25(13-17(18)11-19(20)22)21(26)27-15-16-5-3-2-4-6-16/h2-6,11-12H,7-10,13-15H2,1H3. The van der Waals surface area contributed by atoms with Gasteiger partial charge in [-0.05, 0) is 35.9 Å². The zero-order valence-electron chi connectivity index (χ0n) is 15.5. The van der Waals surface area contributed by atoms with E-state index in [1.807, 2.05) is 36.4 Å². The summed E-state index contributed by atoms with van der Waals surface area (Å²) in [4.78, 5) is 18.3. The molecule has 1 fully saturated rings. The predicted octanol–water partition coefficient (Wildman–Crippen LogP) is 3.23. The van der Waals surface area contributed by atoms with Crippen molar-refractivity contribution < 1.29 is 13.9 Å². The summed E-state index contributed by atoms with van der Waals surface area (Å²) in [5.41, 5.74) is 3.45. The maximum absolute atomic E-state index is 14.6. The minimum atomic E-state index is -0.364. The monoisotopic (exact) mass is 369 g/mol. The molecule has 6 heteroatoms. The van der Waals surface area contributed by atoms with Gasteiger partial charge in [0.25, 0.3) is 0 Å². The lowest BCUT2D eigenvalue weighted by Crippen LogP contribution is -2.44. The van der Waals surface area contributed by atoms with Gasteiger partial charge in [0.15, 0.2) is 0 Å². The van der Waals surface area contributed by atoms with E-state index in [1.54, 1.807) is 11.0 Å². The molecule has 2 aromatic rings. The van der Waals surface area contributed by atoms with Crippen molar-refractivity contribution in [3.05, 3.63) is 65.0 Å². The zero-order chi connectivity index (χ0) is 18.8.